The second-order valence-electron chi connectivity index (χ2n) is 7.60. The first-order chi connectivity index (χ1) is 14.9. The summed E-state index contributed by atoms with van der Waals surface area (Å²) in [5.74, 6) is 0.302. The molecule has 0 aromatic heterocycles. The molecule has 168 valence electrons. The van der Waals surface area contributed by atoms with Crippen LogP contribution in [0.15, 0.2) is 53.4 Å². The summed E-state index contributed by atoms with van der Waals surface area (Å²) in [6.07, 6.45) is 0.999. The second-order valence-corrected chi connectivity index (χ2v) is 9.51. The Labute approximate surface area is 185 Å². The van der Waals surface area contributed by atoms with Crippen LogP contribution < -0.4 is 15.0 Å². The lowest BCUT2D eigenvalue weighted by Crippen LogP contribution is -2.32. The fourth-order valence-electron chi connectivity index (χ4n) is 3.93. The largest absolute Gasteiger partial charge is 0.495 e. The summed E-state index contributed by atoms with van der Waals surface area (Å²) >= 11 is 0. The summed E-state index contributed by atoms with van der Waals surface area (Å²) in [5, 5.41) is 2.97. The average Bonchev–Trinajstić information content (AvgIpc) is 3.27. The van der Waals surface area contributed by atoms with Gasteiger partial charge in [-0.15, -0.1) is 0 Å². The van der Waals surface area contributed by atoms with Gasteiger partial charge in [0.1, 0.15) is 10.6 Å². The highest BCUT2D eigenvalue weighted by Gasteiger charge is 2.27. The zero-order chi connectivity index (χ0) is 22.4. The van der Waals surface area contributed by atoms with Crippen LogP contribution in [0.3, 0.4) is 0 Å². The van der Waals surface area contributed by atoms with Crippen molar-refractivity contribution in [2.45, 2.75) is 25.2 Å². The zero-order valence-electron chi connectivity index (χ0n) is 18.4. The van der Waals surface area contributed by atoms with E-state index < -0.39 is 10.0 Å². The Balaban J connectivity index is 1.68. The summed E-state index contributed by atoms with van der Waals surface area (Å²) < 4.78 is 32.6. The average molecular weight is 446 g/mol. The number of carbonyl (C=O) groups is 1. The van der Waals surface area contributed by atoms with E-state index in [0.717, 1.165) is 19.5 Å². The van der Waals surface area contributed by atoms with E-state index in [-0.39, 0.29) is 16.6 Å². The van der Waals surface area contributed by atoms with Crippen molar-refractivity contribution < 1.29 is 17.9 Å². The first kappa shape index (κ1) is 23.1. The Hall–Kier alpha value is -2.58. The van der Waals surface area contributed by atoms with Crippen LogP contribution in [0.2, 0.25) is 0 Å². The Morgan fingerprint density at radius 2 is 1.87 bits per heavy atom. The number of rotatable bonds is 9. The van der Waals surface area contributed by atoms with Crippen LogP contribution >= 0.6 is 0 Å². The van der Waals surface area contributed by atoms with Crippen molar-refractivity contribution in [2.75, 3.05) is 44.7 Å². The molecular formula is C23H31N3O4S. The van der Waals surface area contributed by atoms with Crippen LogP contribution in [0.25, 0.3) is 0 Å². The molecule has 3 rings (SSSR count). The lowest BCUT2D eigenvalue weighted by molar-refractivity contribution is 0.0948. The molecule has 31 heavy (non-hydrogen) atoms. The number of hydrogen-bond donors (Lipinski definition) is 1. The minimum absolute atomic E-state index is 0.0162. The van der Waals surface area contributed by atoms with E-state index in [2.05, 4.69) is 22.3 Å². The molecule has 0 bridgehead atoms. The maximum absolute atomic E-state index is 13.0. The fourth-order valence-corrected chi connectivity index (χ4v) is 5.57. The van der Waals surface area contributed by atoms with Gasteiger partial charge in [-0.25, -0.2) is 8.42 Å². The standard InChI is InChI=1S/C23H31N3O4S/c1-4-26(5-2)31(28,29)22-15-19(11-12-21(22)30-3)23(27)24-16-18-13-14-25(17-18)20-9-7-6-8-10-20/h6-12,15,18H,4-5,13-14,16-17H2,1-3H3,(H,24,27). The molecule has 7 nitrogen and oxygen atoms in total. The minimum atomic E-state index is -3.75. The van der Waals surface area contributed by atoms with Gasteiger partial charge < -0.3 is 15.0 Å². The molecule has 0 spiro atoms. The molecule has 1 fully saturated rings. The summed E-state index contributed by atoms with van der Waals surface area (Å²) in [7, 11) is -2.32. The number of anilines is 1. The van der Waals surface area contributed by atoms with Crippen molar-refractivity contribution in [3.63, 3.8) is 0 Å². The molecule has 1 amide bonds. The van der Waals surface area contributed by atoms with Gasteiger partial charge in [0.2, 0.25) is 10.0 Å². The Morgan fingerprint density at radius 3 is 2.52 bits per heavy atom. The number of hydrogen-bond acceptors (Lipinski definition) is 5. The molecule has 1 aliphatic rings. The molecule has 1 aliphatic heterocycles. The van der Waals surface area contributed by atoms with Gasteiger partial charge in [-0.3, -0.25) is 4.79 Å². The normalized spacial score (nSPS) is 16.5. The van der Waals surface area contributed by atoms with Gasteiger partial charge >= 0.3 is 0 Å². The third-order valence-corrected chi connectivity index (χ3v) is 7.78. The quantitative estimate of drug-likeness (QED) is 0.642. The smallest absolute Gasteiger partial charge is 0.251 e. The summed E-state index contributed by atoms with van der Waals surface area (Å²) in [6, 6.07) is 14.8. The first-order valence-corrected chi connectivity index (χ1v) is 12.1. The van der Waals surface area contributed by atoms with E-state index in [1.165, 1.54) is 29.2 Å². The van der Waals surface area contributed by atoms with Crippen molar-refractivity contribution in [3.05, 3.63) is 54.1 Å². The van der Waals surface area contributed by atoms with Crippen molar-refractivity contribution in [1.29, 1.82) is 0 Å². The zero-order valence-corrected chi connectivity index (χ0v) is 19.2. The van der Waals surface area contributed by atoms with E-state index in [0.29, 0.717) is 31.1 Å². The van der Waals surface area contributed by atoms with Crippen molar-refractivity contribution >= 4 is 21.6 Å². The molecule has 2 aromatic rings. The molecule has 8 heteroatoms. The van der Waals surface area contributed by atoms with Gasteiger partial charge in [0.05, 0.1) is 7.11 Å². The molecule has 1 unspecified atom stereocenters. The van der Waals surface area contributed by atoms with E-state index in [4.69, 9.17) is 4.74 Å². The van der Waals surface area contributed by atoms with Gasteiger partial charge in [-0.2, -0.15) is 4.31 Å². The number of carbonyl (C=O) groups excluding carboxylic acids is 1. The number of benzene rings is 2. The van der Waals surface area contributed by atoms with Crippen LogP contribution in [0.4, 0.5) is 5.69 Å². The van der Waals surface area contributed by atoms with Gasteiger partial charge in [-0.1, -0.05) is 32.0 Å². The fraction of sp³-hybridized carbons (Fsp3) is 0.435. The van der Waals surface area contributed by atoms with Crippen LogP contribution in [0.5, 0.6) is 5.75 Å². The minimum Gasteiger partial charge on any atom is -0.495 e. The van der Waals surface area contributed by atoms with Gasteiger partial charge in [0.25, 0.3) is 5.91 Å². The Kier molecular flexibility index (Phi) is 7.56. The van der Waals surface area contributed by atoms with Gasteiger partial charge in [0.15, 0.2) is 0 Å². The molecule has 1 heterocycles. The molecule has 1 atom stereocenters. The Morgan fingerprint density at radius 1 is 1.16 bits per heavy atom. The third-order valence-electron chi connectivity index (χ3n) is 5.71. The molecule has 0 saturated carbocycles. The molecule has 2 aromatic carbocycles. The summed E-state index contributed by atoms with van der Waals surface area (Å²) in [6.45, 7) is 6.64. The van der Waals surface area contributed by atoms with Crippen LogP contribution in [-0.4, -0.2) is 58.5 Å². The number of ether oxygens (including phenoxy) is 1. The van der Waals surface area contributed by atoms with Crippen LogP contribution in [0.1, 0.15) is 30.6 Å². The van der Waals surface area contributed by atoms with Crippen LogP contribution in [0, 0.1) is 5.92 Å². The number of methoxy groups -OCH3 is 1. The number of para-hydroxylation sites is 1. The molecular weight excluding hydrogens is 414 g/mol. The van der Waals surface area contributed by atoms with Crippen molar-refractivity contribution in [3.8, 4) is 5.75 Å². The van der Waals surface area contributed by atoms with Crippen molar-refractivity contribution in [2.24, 2.45) is 5.92 Å². The van der Waals surface area contributed by atoms with Gasteiger partial charge in [-0.05, 0) is 42.7 Å². The second kappa shape index (κ2) is 10.2. The summed E-state index contributed by atoms with van der Waals surface area (Å²) in [5.41, 5.74) is 1.50. The van der Waals surface area contributed by atoms with E-state index >= 15 is 0 Å². The summed E-state index contributed by atoms with van der Waals surface area (Å²) in [4.78, 5) is 15.1. The van der Waals surface area contributed by atoms with Crippen LogP contribution in [-0.2, 0) is 10.0 Å². The Bertz CT molecular complexity index is 991. The number of sulfonamides is 1. The predicted molar refractivity (Wildman–Crippen MR) is 122 cm³/mol. The molecule has 0 radical (unpaired) electrons. The van der Waals surface area contributed by atoms with Crippen molar-refractivity contribution in [1.82, 2.24) is 9.62 Å². The highest BCUT2D eigenvalue weighted by atomic mass is 32.2. The maximum atomic E-state index is 13.0. The van der Waals surface area contributed by atoms with E-state index in [9.17, 15) is 13.2 Å². The lowest BCUT2D eigenvalue weighted by atomic mass is 10.1. The monoisotopic (exact) mass is 445 g/mol. The molecule has 0 aliphatic carbocycles. The predicted octanol–water partition coefficient (Wildman–Crippen LogP) is 2.98. The highest BCUT2D eigenvalue weighted by molar-refractivity contribution is 7.89. The number of amides is 1. The number of nitrogens with zero attached hydrogens (tertiary/aromatic N) is 2. The lowest BCUT2D eigenvalue weighted by Gasteiger charge is -2.20. The molecule has 1 N–H and O–H groups in total. The highest BCUT2D eigenvalue weighted by Crippen LogP contribution is 2.28. The SMILES string of the molecule is CCN(CC)S(=O)(=O)c1cc(C(=O)NCC2CCN(c3ccccc3)C2)ccc1OC. The third kappa shape index (κ3) is 5.19. The van der Waals surface area contributed by atoms with E-state index in [1.54, 1.807) is 19.9 Å². The maximum Gasteiger partial charge on any atom is 0.251 e. The first-order valence-electron chi connectivity index (χ1n) is 10.7. The van der Waals surface area contributed by atoms with Gasteiger partial charge in [0, 0.05) is 44.0 Å². The molecule has 1 saturated heterocycles. The topological polar surface area (TPSA) is 79.0 Å². The number of nitrogens with one attached hydrogen (secondary N) is 1. The van der Waals surface area contributed by atoms with E-state index in [1.807, 2.05) is 18.2 Å².